The van der Waals surface area contributed by atoms with Gasteiger partial charge in [-0.15, -0.1) is 0 Å². The monoisotopic (exact) mass is 479 g/mol. The van der Waals surface area contributed by atoms with Crippen molar-refractivity contribution in [3.8, 4) is 0 Å². The molecule has 0 aliphatic rings. The van der Waals surface area contributed by atoms with Crippen molar-refractivity contribution in [2.75, 3.05) is 13.6 Å². The van der Waals surface area contributed by atoms with Crippen LogP contribution in [0.4, 0.5) is 0 Å². The molecule has 1 unspecified atom stereocenters. The first-order chi connectivity index (χ1) is 16.0. The second kappa shape index (κ2) is 10.2. The fourth-order valence-corrected chi connectivity index (χ4v) is 4.36. The number of hydrogen-bond donors (Lipinski definition) is 3. The van der Waals surface area contributed by atoms with E-state index in [4.69, 9.17) is 23.2 Å². The molecule has 3 N–H and O–H groups in total. The fraction of sp³-hybridized carbons (Fsp3) is 0.154. The van der Waals surface area contributed by atoms with Crippen LogP contribution in [0.15, 0.2) is 72.9 Å². The summed E-state index contributed by atoms with van der Waals surface area (Å²) in [5.74, 6) is -0.230. The van der Waals surface area contributed by atoms with Gasteiger partial charge in [0.1, 0.15) is 0 Å². The molecule has 3 aromatic carbocycles. The molecule has 168 valence electrons. The first-order valence-electron chi connectivity index (χ1n) is 10.6. The SMILES string of the molecule is CNC(=O)c1ccc2c(C(=O)C(NCCc3ccc(Cl)cc3Cl)c3ccccc3)c[nH]c2c1. The number of rotatable bonds is 8. The van der Waals surface area contributed by atoms with Gasteiger partial charge in [-0.1, -0.05) is 65.7 Å². The van der Waals surface area contributed by atoms with Gasteiger partial charge in [-0.25, -0.2) is 0 Å². The van der Waals surface area contributed by atoms with Crippen LogP contribution < -0.4 is 10.6 Å². The predicted octanol–water partition coefficient (Wildman–Crippen LogP) is 5.59. The molecule has 0 aliphatic carbocycles. The van der Waals surface area contributed by atoms with Crippen molar-refractivity contribution in [1.82, 2.24) is 15.6 Å². The molecule has 0 spiro atoms. The number of benzene rings is 3. The minimum Gasteiger partial charge on any atom is -0.360 e. The molecule has 0 bridgehead atoms. The maximum Gasteiger partial charge on any atom is 0.251 e. The Balaban J connectivity index is 1.59. The topological polar surface area (TPSA) is 74.0 Å². The van der Waals surface area contributed by atoms with Crippen molar-refractivity contribution in [1.29, 1.82) is 0 Å². The van der Waals surface area contributed by atoms with Gasteiger partial charge < -0.3 is 15.6 Å². The summed E-state index contributed by atoms with van der Waals surface area (Å²) in [4.78, 5) is 28.7. The highest BCUT2D eigenvalue weighted by molar-refractivity contribution is 6.35. The van der Waals surface area contributed by atoms with E-state index < -0.39 is 6.04 Å². The van der Waals surface area contributed by atoms with Gasteiger partial charge >= 0.3 is 0 Å². The Hall–Kier alpha value is -3.12. The zero-order valence-electron chi connectivity index (χ0n) is 18.0. The Morgan fingerprint density at radius 1 is 1.00 bits per heavy atom. The Kier molecular flexibility index (Phi) is 7.14. The fourth-order valence-electron chi connectivity index (χ4n) is 3.85. The maximum absolute atomic E-state index is 13.6. The van der Waals surface area contributed by atoms with Crippen molar-refractivity contribution in [2.24, 2.45) is 0 Å². The van der Waals surface area contributed by atoms with E-state index in [0.717, 1.165) is 22.0 Å². The summed E-state index contributed by atoms with van der Waals surface area (Å²) >= 11 is 12.3. The summed E-state index contributed by atoms with van der Waals surface area (Å²) in [7, 11) is 1.59. The number of Topliss-reactive ketones (excluding diaryl/α,β-unsaturated/α-hetero) is 1. The van der Waals surface area contributed by atoms with Crippen molar-refractivity contribution >= 4 is 45.8 Å². The first-order valence-corrected chi connectivity index (χ1v) is 11.3. The van der Waals surface area contributed by atoms with Gasteiger partial charge in [-0.2, -0.15) is 0 Å². The third-order valence-corrected chi connectivity index (χ3v) is 6.18. The lowest BCUT2D eigenvalue weighted by molar-refractivity contribution is 0.0942. The lowest BCUT2D eigenvalue weighted by atomic mass is 9.96. The highest BCUT2D eigenvalue weighted by atomic mass is 35.5. The summed E-state index contributed by atoms with van der Waals surface area (Å²) in [6.45, 7) is 0.551. The quantitative estimate of drug-likeness (QED) is 0.288. The number of carbonyl (C=O) groups excluding carboxylic acids is 2. The van der Waals surface area contributed by atoms with E-state index in [-0.39, 0.29) is 11.7 Å². The van der Waals surface area contributed by atoms with Gasteiger partial charge in [-0.3, -0.25) is 9.59 Å². The second-order valence-corrected chi connectivity index (χ2v) is 8.53. The maximum atomic E-state index is 13.6. The average Bonchev–Trinajstić information content (AvgIpc) is 3.26. The van der Waals surface area contributed by atoms with E-state index in [2.05, 4.69) is 15.6 Å². The molecule has 0 fully saturated rings. The van der Waals surface area contributed by atoms with Gasteiger partial charge in [0, 0.05) is 51.9 Å². The highest BCUT2D eigenvalue weighted by Crippen LogP contribution is 2.26. The first kappa shape index (κ1) is 23.1. The smallest absolute Gasteiger partial charge is 0.251 e. The zero-order chi connectivity index (χ0) is 23.4. The number of aromatic nitrogens is 1. The van der Waals surface area contributed by atoms with E-state index in [9.17, 15) is 9.59 Å². The molecule has 0 radical (unpaired) electrons. The van der Waals surface area contributed by atoms with Gasteiger partial charge in [0.15, 0.2) is 5.78 Å². The molecule has 33 heavy (non-hydrogen) atoms. The number of ketones is 1. The van der Waals surface area contributed by atoms with Gasteiger partial charge in [0.2, 0.25) is 0 Å². The van der Waals surface area contributed by atoms with Crippen LogP contribution >= 0.6 is 23.2 Å². The molecule has 1 heterocycles. The minimum absolute atomic E-state index is 0.0534. The number of carbonyl (C=O) groups is 2. The van der Waals surface area contributed by atoms with Crippen LogP contribution in [-0.4, -0.2) is 30.3 Å². The van der Waals surface area contributed by atoms with Crippen LogP contribution in [0.3, 0.4) is 0 Å². The summed E-state index contributed by atoms with van der Waals surface area (Å²) in [6, 6.07) is 19.8. The zero-order valence-corrected chi connectivity index (χ0v) is 19.5. The predicted molar refractivity (Wildman–Crippen MR) is 133 cm³/mol. The van der Waals surface area contributed by atoms with Crippen LogP contribution in [-0.2, 0) is 6.42 Å². The van der Waals surface area contributed by atoms with Crippen LogP contribution in [0.5, 0.6) is 0 Å². The number of nitrogens with one attached hydrogen (secondary N) is 3. The average molecular weight is 480 g/mol. The number of aromatic amines is 1. The summed E-state index contributed by atoms with van der Waals surface area (Å²) in [6.07, 6.45) is 2.35. The molecule has 4 rings (SSSR count). The van der Waals surface area contributed by atoms with Gasteiger partial charge in [0.05, 0.1) is 6.04 Å². The number of amides is 1. The summed E-state index contributed by atoms with van der Waals surface area (Å²) in [5.41, 5.74) is 3.67. The van der Waals surface area contributed by atoms with Gasteiger partial charge in [-0.05, 0) is 41.8 Å². The Bertz CT molecular complexity index is 1300. The molecule has 7 heteroatoms. The van der Waals surface area contributed by atoms with Crippen molar-refractivity contribution in [2.45, 2.75) is 12.5 Å². The third kappa shape index (κ3) is 5.11. The van der Waals surface area contributed by atoms with E-state index in [1.807, 2.05) is 42.5 Å². The van der Waals surface area contributed by atoms with Crippen LogP contribution in [0.2, 0.25) is 10.0 Å². The van der Waals surface area contributed by atoms with Crippen LogP contribution in [0, 0.1) is 0 Å². The van der Waals surface area contributed by atoms with E-state index in [0.29, 0.717) is 34.1 Å². The Morgan fingerprint density at radius 3 is 2.52 bits per heavy atom. The van der Waals surface area contributed by atoms with Crippen molar-refractivity contribution in [3.63, 3.8) is 0 Å². The van der Waals surface area contributed by atoms with E-state index in [1.54, 1.807) is 37.5 Å². The standard InChI is InChI=1S/C26H23Cl2N3O2/c1-29-26(33)18-8-10-20-21(15-31-23(20)13-18)25(32)24(17-5-3-2-4-6-17)30-12-11-16-7-9-19(27)14-22(16)28/h2-10,13-15,24,30-31H,11-12H2,1H3,(H,29,33). The van der Waals surface area contributed by atoms with Crippen LogP contribution in [0.25, 0.3) is 10.9 Å². The molecule has 0 saturated heterocycles. The highest BCUT2D eigenvalue weighted by Gasteiger charge is 2.24. The van der Waals surface area contributed by atoms with E-state index >= 15 is 0 Å². The largest absolute Gasteiger partial charge is 0.360 e. The molecular weight excluding hydrogens is 457 g/mol. The van der Waals surface area contributed by atoms with E-state index in [1.165, 1.54) is 0 Å². The molecule has 0 saturated carbocycles. The number of halogens is 2. The Labute approximate surface area is 202 Å². The summed E-state index contributed by atoms with van der Waals surface area (Å²) < 4.78 is 0. The van der Waals surface area contributed by atoms with Crippen LogP contribution in [0.1, 0.15) is 37.9 Å². The van der Waals surface area contributed by atoms with Crippen molar-refractivity contribution in [3.05, 3.63) is 105 Å². The number of H-pyrrole nitrogens is 1. The second-order valence-electron chi connectivity index (χ2n) is 7.69. The number of fused-ring (bicyclic) bond motifs is 1. The number of hydrogen-bond acceptors (Lipinski definition) is 3. The molecule has 1 atom stereocenters. The van der Waals surface area contributed by atoms with Gasteiger partial charge in [0.25, 0.3) is 5.91 Å². The summed E-state index contributed by atoms with van der Waals surface area (Å²) in [5, 5.41) is 7.98. The molecule has 0 aliphatic heterocycles. The van der Waals surface area contributed by atoms with Crippen molar-refractivity contribution < 1.29 is 9.59 Å². The molecule has 1 amide bonds. The normalized spacial score (nSPS) is 12.0. The molecule has 5 nitrogen and oxygen atoms in total. The minimum atomic E-state index is -0.533. The molecule has 4 aromatic rings. The lowest BCUT2D eigenvalue weighted by Crippen LogP contribution is -2.30. The molecule has 1 aromatic heterocycles. The Morgan fingerprint density at radius 2 is 1.79 bits per heavy atom. The lowest BCUT2D eigenvalue weighted by Gasteiger charge is -2.18. The molecular formula is C26H23Cl2N3O2. The third-order valence-electron chi connectivity index (χ3n) is 5.59.